The smallest absolute Gasteiger partial charge is 0.306 e. The average molecular weight is 1100 g/mol. The van der Waals surface area contributed by atoms with Gasteiger partial charge in [0.05, 0.1) is 10.9 Å². The second-order valence-corrected chi connectivity index (χ2v) is 21.1. The van der Waals surface area contributed by atoms with Crippen LogP contribution in [0.2, 0.25) is 0 Å². The molecule has 0 aliphatic carbocycles. The van der Waals surface area contributed by atoms with Crippen molar-refractivity contribution in [3.8, 4) is 0 Å². The Morgan fingerprint density at radius 2 is 1.00 bits per heavy atom. The summed E-state index contributed by atoms with van der Waals surface area (Å²) in [5.74, 6) is 0.371. The van der Waals surface area contributed by atoms with Crippen molar-refractivity contribution in [1.29, 1.82) is 0 Å². The van der Waals surface area contributed by atoms with Crippen LogP contribution in [0.15, 0.2) is 97.1 Å². The number of likely N-dealkylation sites (tertiary alicyclic amines) is 2. The van der Waals surface area contributed by atoms with Crippen LogP contribution in [0.25, 0.3) is 0 Å². The van der Waals surface area contributed by atoms with E-state index in [1.54, 1.807) is 45.0 Å². The first-order valence-corrected chi connectivity index (χ1v) is 28.0. The number of hydrogen-bond donors (Lipinski definition) is 1. The minimum Gasteiger partial charge on any atom is -0.453 e. The number of amides is 2. The molecule has 2 saturated heterocycles. The highest BCUT2D eigenvalue weighted by atomic mass is 35.5. The van der Waals surface area contributed by atoms with Crippen molar-refractivity contribution in [2.45, 2.75) is 111 Å². The van der Waals surface area contributed by atoms with Gasteiger partial charge in [-0.05, 0) is 167 Å². The Bertz CT molecular complexity index is 2370. The van der Waals surface area contributed by atoms with Gasteiger partial charge in [-0.2, -0.15) is 0 Å². The molecule has 0 aromatic heterocycles. The van der Waals surface area contributed by atoms with E-state index < -0.39 is 11.2 Å². The molecule has 2 unspecified atom stereocenters. The number of ether oxygens (including phenoxy) is 1. The molecule has 8 rings (SSSR count). The Kier molecular flexibility index (Phi) is 26.6. The highest BCUT2D eigenvalue weighted by molar-refractivity contribution is 6.63. The molecule has 75 heavy (non-hydrogen) atoms. The summed E-state index contributed by atoms with van der Waals surface area (Å²) in [6.07, 6.45) is 4.73. The van der Waals surface area contributed by atoms with Crippen molar-refractivity contribution in [2.75, 3.05) is 77.3 Å². The summed E-state index contributed by atoms with van der Waals surface area (Å²) in [4.78, 5) is 57.8. The number of benzene rings is 4. The molecule has 4 aliphatic heterocycles. The van der Waals surface area contributed by atoms with Crippen LogP contribution in [0.1, 0.15) is 130 Å². The van der Waals surface area contributed by atoms with Crippen molar-refractivity contribution in [2.24, 2.45) is 11.8 Å². The third kappa shape index (κ3) is 19.8. The number of esters is 1. The Labute approximate surface area is 460 Å². The average Bonchev–Trinajstić information content (AvgIpc) is 3.89. The van der Waals surface area contributed by atoms with Gasteiger partial charge < -0.3 is 29.4 Å². The molecule has 1 N–H and O–H groups in total. The molecule has 2 fully saturated rings. The summed E-state index contributed by atoms with van der Waals surface area (Å²) in [5, 5.41) is 10.8. The van der Waals surface area contributed by atoms with Crippen molar-refractivity contribution < 1.29 is 37.8 Å². The van der Waals surface area contributed by atoms with Crippen molar-refractivity contribution in [3.05, 3.63) is 142 Å². The number of piperidine rings is 2. The number of hydrogen-bond acceptors (Lipinski definition) is 9. The molecular weight excluding hydrogens is 1020 g/mol. The van der Waals surface area contributed by atoms with Gasteiger partial charge in [-0.1, -0.05) is 95.3 Å². The predicted octanol–water partition coefficient (Wildman–Crippen LogP) is 11.7. The first kappa shape index (κ1) is 63.1. The first-order valence-electron chi connectivity index (χ1n) is 26.5. The summed E-state index contributed by atoms with van der Waals surface area (Å²) in [6.45, 7) is 24.9. The molecular formula is C59H80Cl3F2N5O6. The largest absolute Gasteiger partial charge is 0.453 e. The Hall–Kier alpha value is -4.47. The molecule has 0 radical (unpaired) electrons. The number of nitrogens with zero attached hydrogens (tertiary/aromatic N) is 5. The maximum absolute atomic E-state index is 13.4. The van der Waals surface area contributed by atoms with Crippen LogP contribution < -0.4 is 0 Å². The van der Waals surface area contributed by atoms with Crippen LogP contribution in [0.4, 0.5) is 8.78 Å². The van der Waals surface area contributed by atoms with E-state index in [1.165, 1.54) is 43.9 Å². The fraction of sp³-hybridized carbons (Fsp3) is 0.525. The van der Waals surface area contributed by atoms with Gasteiger partial charge in [0.15, 0.2) is 0 Å². The highest BCUT2D eigenvalue weighted by Gasteiger charge is 2.37. The Morgan fingerprint density at radius 3 is 1.35 bits per heavy atom. The second kappa shape index (κ2) is 31.7. The Morgan fingerprint density at radius 1 is 0.627 bits per heavy atom. The van der Waals surface area contributed by atoms with E-state index in [1.807, 2.05) is 65.3 Å². The zero-order valence-electron chi connectivity index (χ0n) is 45.1. The van der Waals surface area contributed by atoms with Crippen molar-refractivity contribution >= 4 is 57.8 Å². The van der Waals surface area contributed by atoms with Crippen LogP contribution in [0, 0.1) is 23.5 Å². The number of fused-ring (bicyclic) bond motifs is 2. The van der Waals surface area contributed by atoms with Gasteiger partial charge in [0.2, 0.25) is 5.24 Å². The summed E-state index contributed by atoms with van der Waals surface area (Å²) in [5.41, 5.74) is 3.60. The molecule has 11 nitrogen and oxygen atoms in total. The monoisotopic (exact) mass is 1100 g/mol. The number of alkyl halides is 2. The maximum atomic E-state index is 13.4. The summed E-state index contributed by atoms with van der Waals surface area (Å²) in [7, 11) is 0. The van der Waals surface area contributed by atoms with Gasteiger partial charge in [-0.15, -0.1) is 23.2 Å². The SMILES string of the molecule is CC(O)(CN1CCC(CN2Cc3ccccc3C2=O)CC1)c1ccc(F)cc1.CCC(=O)Cl.CCC(=O)OC(C)(CN1CCC(CN2Cc3ccccc3C2=O)CC1)c1ccc(F)cc1.CCN(CC)CC.ClCCl. The molecule has 412 valence electrons. The van der Waals surface area contributed by atoms with E-state index in [2.05, 4.69) is 35.5 Å². The molecule has 4 heterocycles. The zero-order chi connectivity index (χ0) is 55.1. The fourth-order valence-electron chi connectivity index (χ4n) is 9.94. The minimum atomic E-state index is -1.01. The standard InChI is InChI=1S/C26H31FN2O3.C23H27FN2O2.C6H15N.C3H5ClO.CH2Cl2/c1-3-24(30)32-26(2,21-8-10-22(27)11-9-21)18-28-14-12-19(13-15-28)16-29-17-20-6-4-5-7-23(20)25(29)31;1-23(28,19-6-8-20(24)9-7-19)16-25-12-10-17(11-13-25)14-26-15-18-4-2-3-5-21(18)22(26)27;1-4-7(5-2)6-3;1-2-3(4)5;2-1-3/h4-11,19H,3,12-18H2,1-2H3;2-9,17,28H,10-16H2,1H3;4-6H2,1-3H3;2H2,1H3;1H2. The van der Waals surface area contributed by atoms with E-state index in [-0.39, 0.29) is 40.0 Å². The minimum absolute atomic E-state index is 0.137. The van der Waals surface area contributed by atoms with Crippen LogP contribution in [0.5, 0.6) is 0 Å². The van der Waals surface area contributed by atoms with Crippen molar-refractivity contribution in [1.82, 2.24) is 24.5 Å². The molecule has 4 aromatic rings. The van der Waals surface area contributed by atoms with Gasteiger partial charge in [0.1, 0.15) is 17.2 Å². The fourth-order valence-corrected chi connectivity index (χ4v) is 9.94. The first-order chi connectivity index (χ1) is 35.8. The number of halogens is 5. The third-order valence-corrected chi connectivity index (χ3v) is 14.7. The van der Waals surface area contributed by atoms with E-state index in [0.29, 0.717) is 50.9 Å². The van der Waals surface area contributed by atoms with E-state index >= 15 is 0 Å². The quantitative estimate of drug-likeness (QED) is 0.0665. The topological polar surface area (TPSA) is 114 Å². The van der Waals surface area contributed by atoms with Crippen LogP contribution >= 0.6 is 34.8 Å². The highest BCUT2D eigenvalue weighted by Crippen LogP contribution is 2.32. The lowest BCUT2D eigenvalue weighted by Gasteiger charge is -2.39. The maximum Gasteiger partial charge on any atom is 0.306 e. The van der Waals surface area contributed by atoms with E-state index in [4.69, 9.17) is 39.5 Å². The van der Waals surface area contributed by atoms with E-state index in [9.17, 15) is 33.1 Å². The van der Waals surface area contributed by atoms with E-state index in [0.717, 1.165) is 98.3 Å². The Balaban J connectivity index is 0.000000257. The molecule has 4 aromatic carbocycles. The number of rotatable bonds is 16. The van der Waals surface area contributed by atoms with Crippen LogP contribution in [-0.4, -0.2) is 130 Å². The molecule has 0 spiro atoms. The van der Waals surface area contributed by atoms with Crippen LogP contribution in [-0.2, 0) is 38.6 Å². The molecule has 16 heteroatoms. The van der Waals surface area contributed by atoms with Gasteiger partial charge in [-0.3, -0.25) is 24.1 Å². The molecule has 0 bridgehead atoms. The second-order valence-electron chi connectivity index (χ2n) is 19.9. The van der Waals surface area contributed by atoms with Gasteiger partial charge in [0.25, 0.3) is 11.8 Å². The number of aliphatic hydroxyl groups is 1. The van der Waals surface area contributed by atoms with Gasteiger partial charge in [0, 0.05) is 63.2 Å². The zero-order valence-corrected chi connectivity index (χ0v) is 47.4. The normalized spacial score (nSPS) is 17.4. The molecule has 0 saturated carbocycles. The molecule has 4 aliphatic rings. The third-order valence-electron chi connectivity index (χ3n) is 14.4. The number of carbonyl (C=O) groups is 4. The lowest BCUT2D eigenvalue weighted by molar-refractivity contribution is -0.161. The predicted molar refractivity (Wildman–Crippen MR) is 298 cm³/mol. The summed E-state index contributed by atoms with van der Waals surface area (Å²) >= 11 is 14.4. The molecule has 2 atom stereocenters. The summed E-state index contributed by atoms with van der Waals surface area (Å²) < 4.78 is 32.4. The van der Waals surface area contributed by atoms with Crippen molar-refractivity contribution in [3.63, 3.8) is 0 Å². The lowest BCUT2D eigenvalue weighted by Crippen LogP contribution is -2.46. The van der Waals surface area contributed by atoms with Gasteiger partial charge in [-0.25, -0.2) is 8.78 Å². The van der Waals surface area contributed by atoms with Crippen LogP contribution in [0.3, 0.4) is 0 Å². The summed E-state index contributed by atoms with van der Waals surface area (Å²) in [6, 6.07) is 28.0. The van der Waals surface area contributed by atoms with Gasteiger partial charge >= 0.3 is 5.97 Å². The lowest BCUT2D eigenvalue weighted by atomic mass is 9.91. The molecule has 2 amide bonds. The number of carbonyl (C=O) groups excluding carboxylic acids is 4. The number of β-amino-alcohol motifs (C(OH)–C–C–N with tert-alkyl or cyclic N) is 1.